The number of urea groups is 1. The van der Waals surface area contributed by atoms with E-state index in [0.717, 1.165) is 43.1 Å². The van der Waals surface area contributed by atoms with E-state index in [2.05, 4.69) is 10.6 Å². The maximum absolute atomic E-state index is 13.0. The molecule has 0 unspecified atom stereocenters. The molecule has 0 radical (unpaired) electrons. The Bertz CT molecular complexity index is 944. The van der Waals surface area contributed by atoms with Crippen molar-refractivity contribution in [3.05, 3.63) is 28.5 Å². The molecule has 1 fully saturated rings. The molecule has 28 heavy (non-hydrogen) atoms. The summed E-state index contributed by atoms with van der Waals surface area (Å²) in [6.45, 7) is 6.53. The molecule has 2 aromatic rings. The molecule has 1 aliphatic carbocycles. The van der Waals surface area contributed by atoms with Crippen molar-refractivity contribution in [2.75, 3.05) is 11.9 Å². The number of hydrogen-bond acceptors (Lipinski definition) is 3. The van der Waals surface area contributed by atoms with Gasteiger partial charge in [-0.1, -0.05) is 30.9 Å². The molecule has 0 atom stereocenters. The molecule has 7 heteroatoms. The van der Waals surface area contributed by atoms with Crippen LogP contribution >= 0.6 is 11.6 Å². The summed E-state index contributed by atoms with van der Waals surface area (Å²) in [5.41, 5.74) is 1.61. The standard InChI is InChI=1S/C21H26ClN3O3/c1-4-25(12(2)3)19(26)15-11-13-10-14(22)17-16(18(13)28-15)21(24-20(27)23-17)8-6-5-7-9-21/h10-12H,4-9H2,1-3H3,(H2,23,24,27). The molecule has 2 aliphatic rings. The lowest BCUT2D eigenvalue weighted by atomic mass is 9.74. The number of fused-ring (bicyclic) bond motifs is 4. The summed E-state index contributed by atoms with van der Waals surface area (Å²) in [7, 11) is 0. The zero-order valence-corrected chi connectivity index (χ0v) is 17.3. The third-order valence-electron chi connectivity index (χ3n) is 5.97. The zero-order chi connectivity index (χ0) is 20.1. The zero-order valence-electron chi connectivity index (χ0n) is 16.5. The molecule has 0 bridgehead atoms. The number of nitrogens with zero attached hydrogens (tertiary/aromatic N) is 1. The lowest BCUT2D eigenvalue weighted by Crippen LogP contribution is -2.52. The largest absolute Gasteiger partial charge is 0.450 e. The van der Waals surface area contributed by atoms with Gasteiger partial charge < -0.3 is 20.0 Å². The van der Waals surface area contributed by atoms with Gasteiger partial charge in [0.2, 0.25) is 0 Å². The van der Waals surface area contributed by atoms with Crippen LogP contribution in [0.5, 0.6) is 0 Å². The van der Waals surface area contributed by atoms with E-state index < -0.39 is 5.54 Å². The Labute approximate surface area is 169 Å². The van der Waals surface area contributed by atoms with Gasteiger partial charge in [-0.3, -0.25) is 4.79 Å². The quantitative estimate of drug-likeness (QED) is 0.734. The molecular weight excluding hydrogens is 378 g/mol. The molecule has 1 aromatic heterocycles. The Kier molecular flexibility index (Phi) is 4.78. The fourth-order valence-electron chi connectivity index (χ4n) is 4.67. The van der Waals surface area contributed by atoms with Gasteiger partial charge in [0.15, 0.2) is 5.76 Å². The van der Waals surface area contributed by atoms with Crippen molar-refractivity contribution in [2.45, 2.75) is 64.5 Å². The molecule has 3 amide bonds. The van der Waals surface area contributed by atoms with Crippen LogP contribution in [-0.2, 0) is 5.54 Å². The second kappa shape index (κ2) is 6.99. The maximum Gasteiger partial charge on any atom is 0.319 e. The Morgan fingerprint density at radius 1 is 1.29 bits per heavy atom. The van der Waals surface area contributed by atoms with E-state index in [9.17, 15) is 9.59 Å². The molecular formula is C21H26ClN3O3. The van der Waals surface area contributed by atoms with Crippen LogP contribution in [0.15, 0.2) is 16.5 Å². The van der Waals surface area contributed by atoms with E-state index >= 15 is 0 Å². The smallest absolute Gasteiger partial charge is 0.319 e. The van der Waals surface area contributed by atoms with E-state index in [-0.39, 0.29) is 18.0 Å². The number of carbonyl (C=O) groups excluding carboxylic acids is 2. The number of amides is 3. The normalized spacial score (nSPS) is 18.1. The van der Waals surface area contributed by atoms with Gasteiger partial charge in [0, 0.05) is 23.5 Å². The summed E-state index contributed by atoms with van der Waals surface area (Å²) in [6, 6.07) is 3.37. The Morgan fingerprint density at radius 2 is 2.00 bits per heavy atom. The van der Waals surface area contributed by atoms with Gasteiger partial charge in [0.05, 0.1) is 16.2 Å². The average molecular weight is 404 g/mol. The number of halogens is 1. The Hall–Kier alpha value is -2.21. The van der Waals surface area contributed by atoms with E-state index in [1.54, 1.807) is 17.0 Å². The Morgan fingerprint density at radius 3 is 2.64 bits per heavy atom. The lowest BCUT2D eigenvalue weighted by Gasteiger charge is -2.42. The van der Waals surface area contributed by atoms with E-state index in [1.807, 2.05) is 20.8 Å². The van der Waals surface area contributed by atoms with Gasteiger partial charge in [-0.15, -0.1) is 0 Å². The average Bonchev–Trinajstić information content (AvgIpc) is 3.06. The summed E-state index contributed by atoms with van der Waals surface area (Å²) in [4.78, 5) is 27.1. The van der Waals surface area contributed by atoms with Gasteiger partial charge >= 0.3 is 6.03 Å². The predicted octanol–water partition coefficient (Wildman–Crippen LogP) is 5.25. The molecule has 2 heterocycles. The highest BCUT2D eigenvalue weighted by Gasteiger charge is 2.44. The van der Waals surface area contributed by atoms with Gasteiger partial charge in [-0.2, -0.15) is 0 Å². The molecule has 1 saturated carbocycles. The second-order valence-corrected chi connectivity index (χ2v) is 8.45. The first-order valence-electron chi connectivity index (χ1n) is 10.0. The Balaban J connectivity index is 1.90. The first-order chi connectivity index (χ1) is 13.4. The maximum atomic E-state index is 13.0. The molecule has 1 spiro atoms. The highest BCUT2D eigenvalue weighted by Crippen LogP contribution is 2.49. The summed E-state index contributed by atoms with van der Waals surface area (Å²) in [6.07, 6.45) is 4.86. The van der Waals surface area contributed by atoms with Crippen molar-refractivity contribution >= 4 is 40.2 Å². The number of anilines is 1. The van der Waals surface area contributed by atoms with Crippen LogP contribution in [0.1, 0.15) is 69.0 Å². The SMILES string of the molecule is CCN(C(=O)c1cc2cc(Cl)c3c(c2o1)C1(CCCCC1)NC(=O)N3)C(C)C. The minimum Gasteiger partial charge on any atom is -0.450 e. The van der Waals surface area contributed by atoms with Crippen molar-refractivity contribution in [1.29, 1.82) is 0 Å². The summed E-state index contributed by atoms with van der Waals surface area (Å²) in [5.74, 6) is 0.168. The molecule has 0 saturated heterocycles. The third-order valence-corrected chi connectivity index (χ3v) is 6.27. The molecule has 2 N–H and O–H groups in total. The first-order valence-corrected chi connectivity index (χ1v) is 10.4. The van der Waals surface area contributed by atoms with Crippen molar-refractivity contribution < 1.29 is 14.0 Å². The molecule has 6 nitrogen and oxygen atoms in total. The number of rotatable bonds is 3. The number of carbonyl (C=O) groups is 2. The highest BCUT2D eigenvalue weighted by molar-refractivity contribution is 6.35. The second-order valence-electron chi connectivity index (χ2n) is 8.04. The van der Waals surface area contributed by atoms with Crippen LogP contribution < -0.4 is 10.6 Å². The van der Waals surface area contributed by atoms with Crippen molar-refractivity contribution in [3.63, 3.8) is 0 Å². The van der Waals surface area contributed by atoms with Crippen LogP contribution in [-0.4, -0.2) is 29.4 Å². The van der Waals surface area contributed by atoms with Gasteiger partial charge in [-0.05, 0) is 45.7 Å². The van der Waals surface area contributed by atoms with E-state index in [4.69, 9.17) is 16.0 Å². The lowest BCUT2D eigenvalue weighted by molar-refractivity contribution is 0.0686. The van der Waals surface area contributed by atoms with E-state index in [1.165, 1.54) is 0 Å². The first kappa shape index (κ1) is 19.1. The fraction of sp³-hybridized carbons (Fsp3) is 0.524. The van der Waals surface area contributed by atoms with Crippen LogP contribution in [0.25, 0.3) is 11.0 Å². The highest BCUT2D eigenvalue weighted by atomic mass is 35.5. The molecule has 1 aromatic carbocycles. The summed E-state index contributed by atoms with van der Waals surface area (Å²) < 4.78 is 6.14. The summed E-state index contributed by atoms with van der Waals surface area (Å²) in [5, 5.41) is 7.24. The van der Waals surface area contributed by atoms with Crippen LogP contribution in [0.3, 0.4) is 0 Å². The van der Waals surface area contributed by atoms with Crippen molar-refractivity contribution in [3.8, 4) is 0 Å². The van der Waals surface area contributed by atoms with Crippen LogP contribution in [0, 0.1) is 0 Å². The molecule has 150 valence electrons. The number of benzene rings is 1. The van der Waals surface area contributed by atoms with Crippen LogP contribution in [0.2, 0.25) is 5.02 Å². The number of nitrogens with one attached hydrogen (secondary N) is 2. The van der Waals surface area contributed by atoms with Crippen molar-refractivity contribution in [1.82, 2.24) is 10.2 Å². The molecule has 4 rings (SSSR count). The predicted molar refractivity (Wildman–Crippen MR) is 110 cm³/mol. The minimum atomic E-state index is -0.500. The fourth-order valence-corrected chi connectivity index (χ4v) is 4.93. The monoisotopic (exact) mass is 403 g/mol. The minimum absolute atomic E-state index is 0.0776. The number of hydrogen-bond donors (Lipinski definition) is 2. The number of furan rings is 1. The topological polar surface area (TPSA) is 74.6 Å². The van der Waals surface area contributed by atoms with Gasteiger partial charge in [0.25, 0.3) is 5.91 Å². The summed E-state index contributed by atoms with van der Waals surface area (Å²) >= 11 is 6.54. The van der Waals surface area contributed by atoms with Crippen molar-refractivity contribution in [2.24, 2.45) is 0 Å². The third kappa shape index (κ3) is 2.94. The van der Waals surface area contributed by atoms with E-state index in [0.29, 0.717) is 28.6 Å². The molecule has 1 aliphatic heterocycles. The van der Waals surface area contributed by atoms with Crippen LogP contribution in [0.4, 0.5) is 10.5 Å². The van der Waals surface area contributed by atoms with Gasteiger partial charge in [-0.25, -0.2) is 4.79 Å². The van der Waals surface area contributed by atoms with Gasteiger partial charge in [0.1, 0.15) is 5.58 Å².